The first-order valence-electron chi connectivity index (χ1n) is 7.68. The quantitative estimate of drug-likeness (QED) is 0.661. The average molecular weight is 237 g/mol. The zero-order valence-corrected chi connectivity index (χ0v) is 11.9. The molecule has 0 saturated heterocycles. The van der Waals surface area contributed by atoms with Gasteiger partial charge in [-0.25, -0.2) is 0 Å². The number of hydrogen-bond donors (Lipinski definition) is 1. The predicted molar refractivity (Wildman–Crippen MR) is 77.3 cm³/mol. The summed E-state index contributed by atoms with van der Waals surface area (Å²) < 4.78 is 0. The summed E-state index contributed by atoms with van der Waals surface area (Å²) in [5.41, 5.74) is 1.41. The third-order valence-corrected chi connectivity index (χ3v) is 4.19. The molecule has 1 rings (SSSR count). The highest BCUT2D eigenvalue weighted by atomic mass is 14.9. The van der Waals surface area contributed by atoms with E-state index in [9.17, 15) is 0 Å². The normalized spacial score (nSPS) is 20.6. The van der Waals surface area contributed by atoms with E-state index in [1.807, 2.05) is 0 Å². The molecule has 1 nitrogen and oxygen atoms in total. The Morgan fingerprint density at radius 3 is 2.24 bits per heavy atom. The number of nitrogens with one attached hydrogen (secondary N) is 1. The Balaban J connectivity index is 2.49. The van der Waals surface area contributed by atoms with Crippen molar-refractivity contribution in [2.75, 3.05) is 6.54 Å². The molecule has 0 aliphatic heterocycles. The molecular formula is C16H31N. The molecule has 17 heavy (non-hydrogen) atoms. The maximum absolute atomic E-state index is 4.19. The fourth-order valence-corrected chi connectivity index (χ4v) is 3.01. The molecule has 1 atom stereocenters. The number of hydrogen-bond acceptors (Lipinski definition) is 1. The van der Waals surface area contributed by atoms with Crippen molar-refractivity contribution in [1.29, 1.82) is 0 Å². The van der Waals surface area contributed by atoms with E-state index in [1.165, 1.54) is 56.9 Å². The van der Waals surface area contributed by atoms with Gasteiger partial charge in [-0.15, -0.1) is 0 Å². The molecule has 100 valence electrons. The molecule has 1 heteroatoms. The fourth-order valence-electron chi connectivity index (χ4n) is 3.01. The molecule has 1 saturated carbocycles. The third kappa shape index (κ3) is 5.72. The summed E-state index contributed by atoms with van der Waals surface area (Å²) >= 11 is 0. The van der Waals surface area contributed by atoms with E-state index < -0.39 is 0 Å². The van der Waals surface area contributed by atoms with Gasteiger partial charge in [-0.3, -0.25) is 0 Å². The van der Waals surface area contributed by atoms with Gasteiger partial charge in [0.15, 0.2) is 0 Å². The zero-order chi connectivity index (χ0) is 12.5. The molecule has 1 unspecified atom stereocenters. The maximum atomic E-state index is 4.19. The first-order chi connectivity index (χ1) is 8.27. The number of rotatable bonds is 6. The van der Waals surface area contributed by atoms with Crippen LogP contribution < -0.4 is 5.32 Å². The molecular weight excluding hydrogens is 206 g/mol. The van der Waals surface area contributed by atoms with Crippen molar-refractivity contribution >= 4 is 0 Å². The summed E-state index contributed by atoms with van der Waals surface area (Å²) in [4.78, 5) is 0. The molecule has 0 bridgehead atoms. The van der Waals surface area contributed by atoms with Gasteiger partial charge >= 0.3 is 0 Å². The van der Waals surface area contributed by atoms with Crippen molar-refractivity contribution < 1.29 is 0 Å². The van der Waals surface area contributed by atoms with Crippen molar-refractivity contribution in [3.63, 3.8) is 0 Å². The highest BCUT2D eigenvalue weighted by Gasteiger charge is 2.21. The van der Waals surface area contributed by atoms with Crippen LogP contribution in [0.1, 0.15) is 71.6 Å². The molecule has 0 aromatic carbocycles. The highest BCUT2D eigenvalue weighted by Crippen LogP contribution is 2.27. The van der Waals surface area contributed by atoms with Crippen LogP contribution in [-0.2, 0) is 0 Å². The van der Waals surface area contributed by atoms with Crippen LogP contribution in [-0.4, -0.2) is 12.6 Å². The molecule has 0 radical (unpaired) electrons. The van der Waals surface area contributed by atoms with E-state index in [4.69, 9.17) is 0 Å². The van der Waals surface area contributed by atoms with E-state index >= 15 is 0 Å². The summed E-state index contributed by atoms with van der Waals surface area (Å²) in [6, 6.07) is 0.686. The van der Waals surface area contributed by atoms with E-state index in [0.29, 0.717) is 6.04 Å². The lowest BCUT2D eigenvalue weighted by Gasteiger charge is -2.30. The van der Waals surface area contributed by atoms with Gasteiger partial charge in [-0.1, -0.05) is 58.1 Å². The topological polar surface area (TPSA) is 12.0 Å². The minimum atomic E-state index is 0.686. The SMILES string of the molecule is C=C(CC)CC(NCC)C1CCCCCCC1. The van der Waals surface area contributed by atoms with Gasteiger partial charge in [0, 0.05) is 6.04 Å². The van der Waals surface area contributed by atoms with Crippen molar-refractivity contribution in [1.82, 2.24) is 5.32 Å². The van der Waals surface area contributed by atoms with Crippen LogP contribution in [0.15, 0.2) is 12.2 Å². The zero-order valence-electron chi connectivity index (χ0n) is 11.9. The molecule has 1 N–H and O–H groups in total. The Labute approximate surface area is 108 Å². The summed E-state index contributed by atoms with van der Waals surface area (Å²) in [5, 5.41) is 3.70. The van der Waals surface area contributed by atoms with Gasteiger partial charge in [-0.05, 0) is 38.1 Å². The van der Waals surface area contributed by atoms with Crippen LogP contribution in [0.3, 0.4) is 0 Å². The first kappa shape index (κ1) is 14.8. The van der Waals surface area contributed by atoms with Crippen molar-refractivity contribution in [2.24, 2.45) is 5.92 Å². The first-order valence-corrected chi connectivity index (χ1v) is 7.68. The van der Waals surface area contributed by atoms with E-state index in [1.54, 1.807) is 0 Å². The summed E-state index contributed by atoms with van der Waals surface area (Å²) in [6.07, 6.45) is 12.4. The molecule has 1 aliphatic rings. The highest BCUT2D eigenvalue weighted by molar-refractivity contribution is 4.98. The molecule has 1 aliphatic carbocycles. The largest absolute Gasteiger partial charge is 0.314 e. The van der Waals surface area contributed by atoms with E-state index in [0.717, 1.165) is 18.9 Å². The standard InChI is InChI=1S/C16H31N/c1-4-14(3)13-16(17-5-2)15-11-9-7-6-8-10-12-15/h15-17H,3-13H2,1-2H3. The maximum Gasteiger partial charge on any atom is 0.0132 e. The smallest absolute Gasteiger partial charge is 0.0132 e. The summed E-state index contributed by atoms with van der Waals surface area (Å²) in [5.74, 6) is 0.888. The second kappa shape index (κ2) is 8.74. The van der Waals surface area contributed by atoms with Crippen molar-refractivity contribution in [3.8, 4) is 0 Å². The second-order valence-electron chi connectivity index (χ2n) is 5.58. The summed E-state index contributed by atoms with van der Waals surface area (Å²) in [7, 11) is 0. The summed E-state index contributed by atoms with van der Waals surface area (Å²) in [6.45, 7) is 9.74. The average Bonchev–Trinajstić information content (AvgIpc) is 2.28. The van der Waals surface area contributed by atoms with Gasteiger partial charge in [0.1, 0.15) is 0 Å². The lowest BCUT2D eigenvalue weighted by molar-refractivity contribution is 0.285. The lowest BCUT2D eigenvalue weighted by atomic mass is 9.83. The van der Waals surface area contributed by atoms with Gasteiger partial charge in [-0.2, -0.15) is 0 Å². The van der Waals surface area contributed by atoms with Crippen LogP contribution >= 0.6 is 0 Å². The Morgan fingerprint density at radius 2 is 1.71 bits per heavy atom. The van der Waals surface area contributed by atoms with Crippen LogP contribution in [0.25, 0.3) is 0 Å². The fraction of sp³-hybridized carbons (Fsp3) is 0.875. The van der Waals surface area contributed by atoms with Crippen LogP contribution in [0.5, 0.6) is 0 Å². The molecule has 0 spiro atoms. The Hall–Kier alpha value is -0.300. The van der Waals surface area contributed by atoms with Crippen LogP contribution in [0.4, 0.5) is 0 Å². The third-order valence-electron chi connectivity index (χ3n) is 4.19. The minimum Gasteiger partial charge on any atom is -0.314 e. The Morgan fingerprint density at radius 1 is 1.12 bits per heavy atom. The molecule has 0 aromatic heterocycles. The molecule has 0 amide bonds. The van der Waals surface area contributed by atoms with Gasteiger partial charge < -0.3 is 5.32 Å². The van der Waals surface area contributed by atoms with Crippen LogP contribution in [0.2, 0.25) is 0 Å². The Bertz CT molecular complexity index is 202. The van der Waals surface area contributed by atoms with Gasteiger partial charge in [0.05, 0.1) is 0 Å². The van der Waals surface area contributed by atoms with Gasteiger partial charge in [0.25, 0.3) is 0 Å². The minimum absolute atomic E-state index is 0.686. The monoisotopic (exact) mass is 237 g/mol. The van der Waals surface area contributed by atoms with Crippen molar-refractivity contribution in [3.05, 3.63) is 12.2 Å². The van der Waals surface area contributed by atoms with E-state index in [-0.39, 0.29) is 0 Å². The molecule has 0 heterocycles. The van der Waals surface area contributed by atoms with Crippen molar-refractivity contribution in [2.45, 2.75) is 77.7 Å². The second-order valence-corrected chi connectivity index (χ2v) is 5.58. The Kier molecular flexibility index (Phi) is 7.59. The molecule has 1 fully saturated rings. The lowest BCUT2D eigenvalue weighted by Crippen LogP contribution is -2.36. The molecule has 0 aromatic rings. The van der Waals surface area contributed by atoms with Crippen LogP contribution in [0, 0.1) is 5.92 Å². The van der Waals surface area contributed by atoms with Gasteiger partial charge in [0.2, 0.25) is 0 Å². The van der Waals surface area contributed by atoms with E-state index in [2.05, 4.69) is 25.7 Å². The predicted octanol–water partition coefficient (Wildman–Crippen LogP) is 4.68.